The molecule has 27 heavy (non-hydrogen) atoms. The molecule has 0 radical (unpaired) electrons. The highest BCUT2D eigenvalue weighted by atomic mass is 16.5. The smallest absolute Gasteiger partial charge is 0.413 e. The Morgan fingerprint density at radius 1 is 0.963 bits per heavy atom. The van der Waals surface area contributed by atoms with E-state index in [0.717, 1.165) is 38.5 Å². The maximum absolute atomic E-state index is 12.0. The fourth-order valence-corrected chi connectivity index (χ4v) is 2.81. The van der Waals surface area contributed by atoms with Crippen molar-refractivity contribution in [2.75, 3.05) is 20.3 Å². The maximum atomic E-state index is 12.0. The van der Waals surface area contributed by atoms with Gasteiger partial charge in [-0.3, -0.25) is 20.2 Å². The van der Waals surface area contributed by atoms with E-state index in [0.29, 0.717) is 13.0 Å². The molecule has 0 aromatic carbocycles. The van der Waals surface area contributed by atoms with E-state index in [9.17, 15) is 14.4 Å². The normalized spacial score (nSPS) is 19.8. The van der Waals surface area contributed by atoms with Crippen LogP contribution in [-0.4, -0.2) is 44.2 Å². The van der Waals surface area contributed by atoms with Crippen LogP contribution in [0.5, 0.6) is 0 Å². The number of nitrogens with one attached hydrogen (secondary N) is 2. The Bertz CT molecular complexity index is 494. The summed E-state index contributed by atoms with van der Waals surface area (Å²) in [6, 6.07) is 0. The van der Waals surface area contributed by atoms with Crippen LogP contribution in [-0.2, 0) is 19.1 Å². The van der Waals surface area contributed by atoms with Crippen molar-refractivity contribution in [3.8, 4) is 0 Å². The zero-order valence-electron chi connectivity index (χ0n) is 16.4. The summed E-state index contributed by atoms with van der Waals surface area (Å²) in [7, 11) is 1.21. The summed E-state index contributed by atoms with van der Waals surface area (Å²) in [5, 5.41) is 4.82. The topological polar surface area (TPSA) is 106 Å². The van der Waals surface area contributed by atoms with E-state index < -0.39 is 12.1 Å². The van der Waals surface area contributed by atoms with Gasteiger partial charge in [0, 0.05) is 6.42 Å². The molecular weight excluding hydrogens is 350 g/mol. The number of aliphatic imine (C=N–C) groups is 1. The van der Waals surface area contributed by atoms with E-state index in [1.165, 1.54) is 39.2 Å². The van der Waals surface area contributed by atoms with Crippen LogP contribution in [0.4, 0.5) is 4.79 Å². The van der Waals surface area contributed by atoms with E-state index in [1.54, 1.807) is 0 Å². The van der Waals surface area contributed by atoms with Gasteiger partial charge in [-0.25, -0.2) is 9.79 Å². The van der Waals surface area contributed by atoms with Gasteiger partial charge in [-0.05, 0) is 12.8 Å². The largest absolute Gasteiger partial charge is 0.464 e. The fourth-order valence-electron chi connectivity index (χ4n) is 2.81. The SMILES string of the molecule is COC(=O)NC1=NCC(=O)OCCCCCCCCCCCCCC(=O)N1. The Morgan fingerprint density at radius 2 is 1.52 bits per heavy atom. The van der Waals surface area contributed by atoms with Gasteiger partial charge in [0.2, 0.25) is 11.9 Å². The molecule has 154 valence electrons. The first-order valence-electron chi connectivity index (χ1n) is 9.96. The molecule has 0 unspecified atom stereocenters. The predicted octanol–water partition coefficient (Wildman–Crippen LogP) is 3.05. The molecule has 1 aliphatic rings. The van der Waals surface area contributed by atoms with Crippen molar-refractivity contribution >= 4 is 23.9 Å². The van der Waals surface area contributed by atoms with Crippen molar-refractivity contribution in [3.05, 3.63) is 0 Å². The van der Waals surface area contributed by atoms with Crippen molar-refractivity contribution in [2.24, 2.45) is 4.99 Å². The third-order valence-electron chi connectivity index (χ3n) is 4.34. The number of amides is 2. The Kier molecular flexibility index (Phi) is 12.7. The molecule has 0 atom stereocenters. The van der Waals surface area contributed by atoms with Gasteiger partial charge in [-0.15, -0.1) is 0 Å². The van der Waals surface area contributed by atoms with Crippen LogP contribution >= 0.6 is 0 Å². The maximum Gasteiger partial charge on any atom is 0.413 e. The lowest BCUT2D eigenvalue weighted by Crippen LogP contribution is -2.44. The van der Waals surface area contributed by atoms with Crippen LogP contribution < -0.4 is 10.6 Å². The number of nitrogens with zero attached hydrogens (tertiary/aromatic N) is 1. The molecule has 2 N–H and O–H groups in total. The molecule has 8 heteroatoms. The average Bonchev–Trinajstić information content (AvgIpc) is 2.65. The van der Waals surface area contributed by atoms with E-state index in [2.05, 4.69) is 20.4 Å². The van der Waals surface area contributed by atoms with E-state index >= 15 is 0 Å². The van der Waals surface area contributed by atoms with Crippen LogP contribution in [0.25, 0.3) is 0 Å². The molecular formula is C19H33N3O5. The standard InChI is InChI=1S/C19H33N3O5/c1-26-19(25)22-18-20-15-17(24)27-14-12-10-8-6-4-2-3-5-7-9-11-13-16(23)21-18/h2-15H2,1H3,(H2,20,21,22,23,25). The van der Waals surface area contributed by atoms with Gasteiger partial charge < -0.3 is 9.47 Å². The van der Waals surface area contributed by atoms with Gasteiger partial charge in [-0.1, -0.05) is 57.8 Å². The minimum Gasteiger partial charge on any atom is -0.464 e. The molecule has 0 bridgehead atoms. The predicted molar refractivity (Wildman–Crippen MR) is 102 cm³/mol. The number of carbonyl (C=O) groups is 3. The molecule has 2 amide bonds. The lowest BCUT2D eigenvalue weighted by atomic mass is 10.1. The number of rotatable bonds is 0. The first-order chi connectivity index (χ1) is 13.1. The van der Waals surface area contributed by atoms with Gasteiger partial charge in [0.15, 0.2) is 0 Å². The Balaban J connectivity index is 2.57. The number of esters is 1. The number of alkyl carbamates (subject to hydrolysis) is 1. The molecule has 1 rings (SSSR count). The van der Waals surface area contributed by atoms with Gasteiger partial charge in [0.05, 0.1) is 13.7 Å². The number of hydrogen-bond donors (Lipinski definition) is 2. The summed E-state index contributed by atoms with van der Waals surface area (Å²) in [6.45, 7) is 0.0834. The van der Waals surface area contributed by atoms with Gasteiger partial charge in [0.25, 0.3) is 0 Å². The van der Waals surface area contributed by atoms with E-state index in [1.807, 2.05) is 0 Å². The van der Waals surface area contributed by atoms with E-state index in [4.69, 9.17) is 4.74 Å². The third kappa shape index (κ3) is 12.8. The quantitative estimate of drug-likeness (QED) is 0.625. The second-order valence-corrected chi connectivity index (χ2v) is 6.69. The molecule has 1 heterocycles. The minimum atomic E-state index is -0.767. The van der Waals surface area contributed by atoms with Crippen LogP contribution in [0, 0.1) is 0 Å². The molecule has 0 aromatic rings. The number of cyclic esters (lactones) is 1. The van der Waals surface area contributed by atoms with Crippen LogP contribution in [0.3, 0.4) is 0 Å². The zero-order chi connectivity index (χ0) is 19.7. The number of methoxy groups -OCH3 is 1. The molecule has 0 fully saturated rings. The van der Waals surface area contributed by atoms with E-state index in [-0.39, 0.29) is 18.4 Å². The van der Waals surface area contributed by atoms with Gasteiger partial charge in [-0.2, -0.15) is 0 Å². The Labute approximate surface area is 161 Å². The van der Waals surface area contributed by atoms with Crippen LogP contribution in [0.1, 0.15) is 77.0 Å². The number of carbonyl (C=O) groups excluding carboxylic acids is 3. The summed E-state index contributed by atoms with van der Waals surface area (Å²) in [5.74, 6) is -0.853. The molecule has 8 nitrogen and oxygen atoms in total. The minimum absolute atomic E-state index is 0.0989. The average molecular weight is 383 g/mol. The molecule has 0 spiro atoms. The molecule has 0 saturated heterocycles. The number of hydrogen-bond acceptors (Lipinski definition) is 6. The number of ether oxygens (including phenoxy) is 2. The zero-order valence-corrected chi connectivity index (χ0v) is 16.4. The van der Waals surface area contributed by atoms with Crippen LogP contribution in [0.2, 0.25) is 0 Å². The summed E-state index contributed by atoms with van der Waals surface area (Å²) in [5.41, 5.74) is 0. The molecule has 0 aliphatic carbocycles. The molecule has 1 aliphatic heterocycles. The van der Waals surface area contributed by atoms with Crippen molar-refractivity contribution in [1.29, 1.82) is 0 Å². The van der Waals surface area contributed by atoms with Gasteiger partial charge in [0.1, 0.15) is 6.54 Å². The summed E-state index contributed by atoms with van der Waals surface area (Å²) in [4.78, 5) is 39.1. The number of guanidine groups is 1. The van der Waals surface area contributed by atoms with Crippen molar-refractivity contribution in [2.45, 2.75) is 77.0 Å². The Morgan fingerprint density at radius 3 is 2.11 bits per heavy atom. The Hall–Kier alpha value is -2.12. The summed E-state index contributed by atoms with van der Waals surface area (Å²) in [6.07, 6.45) is 11.7. The summed E-state index contributed by atoms with van der Waals surface area (Å²) >= 11 is 0. The lowest BCUT2D eigenvalue weighted by molar-refractivity contribution is -0.142. The molecule has 0 saturated carbocycles. The van der Waals surface area contributed by atoms with Crippen molar-refractivity contribution in [3.63, 3.8) is 0 Å². The monoisotopic (exact) mass is 383 g/mol. The lowest BCUT2D eigenvalue weighted by Gasteiger charge is -2.10. The fraction of sp³-hybridized carbons (Fsp3) is 0.789. The second-order valence-electron chi connectivity index (χ2n) is 6.69. The second kappa shape index (κ2) is 15.0. The highest BCUT2D eigenvalue weighted by Gasteiger charge is 2.11. The van der Waals surface area contributed by atoms with Crippen LogP contribution in [0.15, 0.2) is 4.99 Å². The first kappa shape index (κ1) is 22.9. The van der Waals surface area contributed by atoms with Crippen molar-refractivity contribution in [1.82, 2.24) is 10.6 Å². The highest BCUT2D eigenvalue weighted by molar-refractivity contribution is 6.03. The summed E-state index contributed by atoms with van der Waals surface area (Å²) < 4.78 is 9.63. The van der Waals surface area contributed by atoms with Gasteiger partial charge >= 0.3 is 12.1 Å². The van der Waals surface area contributed by atoms with Crippen molar-refractivity contribution < 1.29 is 23.9 Å². The highest BCUT2D eigenvalue weighted by Crippen LogP contribution is 2.12. The molecule has 0 aromatic heterocycles. The first-order valence-corrected chi connectivity index (χ1v) is 9.96. The third-order valence-corrected chi connectivity index (χ3v) is 4.34.